The molecule has 3 heteroatoms. The molecule has 2 nitrogen and oxygen atoms in total. The molecule has 2 aliphatic rings. The molecule has 12 heavy (non-hydrogen) atoms. The lowest BCUT2D eigenvalue weighted by molar-refractivity contribution is 0.953. The molecular formula is C9H10N2S. The SMILES string of the molecule is CC1=C(C)C2=NC(=S)NC2C=C1. The van der Waals surface area contributed by atoms with Gasteiger partial charge in [-0.3, -0.25) is 0 Å². The first kappa shape index (κ1) is 7.68. The van der Waals surface area contributed by atoms with Crippen LogP contribution in [0.2, 0.25) is 0 Å². The number of nitrogens with one attached hydrogen (secondary N) is 1. The van der Waals surface area contributed by atoms with Crippen LogP contribution in [0.25, 0.3) is 0 Å². The molecule has 0 radical (unpaired) electrons. The van der Waals surface area contributed by atoms with Crippen molar-refractivity contribution >= 4 is 23.0 Å². The summed E-state index contributed by atoms with van der Waals surface area (Å²) in [4.78, 5) is 4.27. The lowest BCUT2D eigenvalue weighted by Gasteiger charge is -2.15. The van der Waals surface area contributed by atoms with Crippen LogP contribution in [0.1, 0.15) is 13.8 Å². The molecule has 0 saturated carbocycles. The van der Waals surface area contributed by atoms with Crippen LogP contribution >= 0.6 is 12.2 Å². The maximum Gasteiger partial charge on any atom is 0.193 e. The highest BCUT2D eigenvalue weighted by Crippen LogP contribution is 2.19. The molecule has 0 spiro atoms. The molecular weight excluding hydrogens is 168 g/mol. The number of aliphatic imine (C=N–C) groups is 1. The van der Waals surface area contributed by atoms with Crippen LogP contribution in [-0.4, -0.2) is 16.9 Å². The Hall–Kier alpha value is -0.960. The van der Waals surface area contributed by atoms with Gasteiger partial charge in [0.15, 0.2) is 5.11 Å². The van der Waals surface area contributed by atoms with E-state index in [1.165, 1.54) is 11.1 Å². The zero-order valence-electron chi connectivity index (χ0n) is 7.09. The monoisotopic (exact) mass is 178 g/mol. The summed E-state index contributed by atoms with van der Waals surface area (Å²) < 4.78 is 0. The van der Waals surface area contributed by atoms with Gasteiger partial charge in [-0.1, -0.05) is 12.2 Å². The quantitative estimate of drug-likeness (QED) is 0.570. The van der Waals surface area contributed by atoms with Crippen molar-refractivity contribution in [2.45, 2.75) is 19.9 Å². The van der Waals surface area contributed by atoms with Gasteiger partial charge in [0, 0.05) is 0 Å². The Bertz CT molecular complexity index is 336. The minimum absolute atomic E-state index is 0.223. The fourth-order valence-electron chi connectivity index (χ4n) is 1.44. The minimum Gasteiger partial charge on any atom is -0.349 e. The van der Waals surface area contributed by atoms with E-state index in [9.17, 15) is 0 Å². The molecule has 62 valence electrons. The van der Waals surface area contributed by atoms with E-state index < -0.39 is 0 Å². The molecule has 0 bridgehead atoms. The molecule has 0 aromatic rings. The first-order valence-electron chi connectivity index (χ1n) is 3.93. The van der Waals surface area contributed by atoms with E-state index >= 15 is 0 Å². The van der Waals surface area contributed by atoms with Crippen LogP contribution < -0.4 is 5.32 Å². The summed E-state index contributed by atoms with van der Waals surface area (Å²) in [5.74, 6) is 0. The van der Waals surface area contributed by atoms with Gasteiger partial charge in [-0.15, -0.1) is 0 Å². The minimum atomic E-state index is 0.223. The molecule has 0 fully saturated rings. The predicted molar refractivity (Wildman–Crippen MR) is 54.5 cm³/mol. The molecule has 1 aliphatic heterocycles. The average molecular weight is 178 g/mol. The molecule has 1 N–H and O–H groups in total. The number of fused-ring (bicyclic) bond motifs is 1. The summed E-state index contributed by atoms with van der Waals surface area (Å²) >= 11 is 4.97. The zero-order chi connectivity index (χ0) is 8.72. The Labute approximate surface area is 77.1 Å². The van der Waals surface area contributed by atoms with E-state index in [4.69, 9.17) is 12.2 Å². The van der Waals surface area contributed by atoms with Gasteiger partial charge in [-0.2, -0.15) is 0 Å². The molecule has 0 aromatic heterocycles. The van der Waals surface area contributed by atoms with Crippen LogP contribution in [0, 0.1) is 0 Å². The summed E-state index contributed by atoms with van der Waals surface area (Å²) in [7, 11) is 0. The first-order chi connectivity index (χ1) is 5.68. The topological polar surface area (TPSA) is 24.4 Å². The average Bonchev–Trinajstić information content (AvgIpc) is 2.39. The summed E-state index contributed by atoms with van der Waals surface area (Å²) in [6.45, 7) is 4.17. The highest BCUT2D eigenvalue weighted by molar-refractivity contribution is 7.80. The largest absolute Gasteiger partial charge is 0.349 e. The van der Waals surface area contributed by atoms with Crippen molar-refractivity contribution in [3.63, 3.8) is 0 Å². The summed E-state index contributed by atoms with van der Waals surface area (Å²) in [6.07, 6.45) is 4.21. The van der Waals surface area contributed by atoms with Crippen molar-refractivity contribution in [3.8, 4) is 0 Å². The Morgan fingerprint density at radius 1 is 1.50 bits per heavy atom. The van der Waals surface area contributed by atoms with Crippen LogP contribution in [0.5, 0.6) is 0 Å². The maximum absolute atomic E-state index is 4.97. The number of hydrogen-bond donors (Lipinski definition) is 1. The summed E-state index contributed by atoms with van der Waals surface area (Å²) in [6, 6.07) is 0.223. The second-order valence-electron chi connectivity index (χ2n) is 3.09. The molecule has 1 aliphatic carbocycles. The third-order valence-corrected chi connectivity index (χ3v) is 2.52. The fourth-order valence-corrected chi connectivity index (χ4v) is 1.66. The van der Waals surface area contributed by atoms with E-state index in [0.717, 1.165) is 5.71 Å². The highest BCUT2D eigenvalue weighted by Gasteiger charge is 2.25. The van der Waals surface area contributed by atoms with Crippen LogP contribution in [0.3, 0.4) is 0 Å². The third kappa shape index (κ3) is 1.01. The molecule has 1 heterocycles. The lowest BCUT2D eigenvalue weighted by atomic mass is 9.95. The number of rotatable bonds is 0. The van der Waals surface area contributed by atoms with Gasteiger partial charge >= 0.3 is 0 Å². The first-order valence-corrected chi connectivity index (χ1v) is 4.34. The van der Waals surface area contributed by atoms with E-state index in [0.29, 0.717) is 5.11 Å². The Morgan fingerprint density at radius 3 is 3.00 bits per heavy atom. The van der Waals surface area contributed by atoms with Crippen molar-refractivity contribution in [2.24, 2.45) is 4.99 Å². The zero-order valence-corrected chi connectivity index (χ0v) is 7.90. The van der Waals surface area contributed by atoms with Gasteiger partial charge < -0.3 is 5.32 Å². The predicted octanol–water partition coefficient (Wildman–Crippen LogP) is 1.59. The normalized spacial score (nSPS) is 27.0. The third-order valence-electron chi connectivity index (χ3n) is 2.31. The van der Waals surface area contributed by atoms with Crippen molar-refractivity contribution in [1.29, 1.82) is 0 Å². The van der Waals surface area contributed by atoms with Gasteiger partial charge in [0.05, 0.1) is 11.8 Å². The van der Waals surface area contributed by atoms with Crippen molar-refractivity contribution in [1.82, 2.24) is 5.32 Å². The van der Waals surface area contributed by atoms with Crippen LogP contribution in [0.4, 0.5) is 0 Å². The van der Waals surface area contributed by atoms with Gasteiger partial charge in [0.2, 0.25) is 0 Å². The van der Waals surface area contributed by atoms with E-state index in [1.54, 1.807) is 0 Å². The molecule has 0 saturated heterocycles. The number of hydrogen-bond acceptors (Lipinski definition) is 1. The fraction of sp³-hybridized carbons (Fsp3) is 0.333. The number of allylic oxidation sites excluding steroid dienone is 2. The molecule has 0 aromatic carbocycles. The second-order valence-corrected chi connectivity index (χ2v) is 3.48. The molecule has 0 amide bonds. The van der Waals surface area contributed by atoms with E-state index in [1.807, 2.05) is 0 Å². The van der Waals surface area contributed by atoms with Crippen molar-refractivity contribution in [3.05, 3.63) is 23.3 Å². The van der Waals surface area contributed by atoms with Gasteiger partial charge in [-0.05, 0) is 37.2 Å². The van der Waals surface area contributed by atoms with Crippen LogP contribution in [0.15, 0.2) is 28.3 Å². The summed E-state index contributed by atoms with van der Waals surface area (Å²) in [5, 5.41) is 3.72. The van der Waals surface area contributed by atoms with E-state index in [-0.39, 0.29) is 6.04 Å². The van der Waals surface area contributed by atoms with Gasteiger partial charge in [0.25, 0.3) is 0 Å². The lowest BCUT2D eigenvalue weighted by Crippen LogP contribution is -2.31. The van der Waals surface area contributed by atoms with Gasteiger partial charge in [-0.25, -0.2) is 4.99 Å². The molecule has 2 rings (SSSR count). The second kappa shape index (κ2) is 2.52. The summed E-state index contributed by atoms with van der Waals surface area (Å²) in [5.41, 5.74) is 3.60. The Kier molecular flexibility index (Phi) is 1.61. The smallest absolute Gasteiger partial charge is 0.193 e. The van der Waals surface area contributed by atoms with Gasteiger partial charge in [0.1, 0.15) is 0 Å². The molecule has 1 atom stereocenters. The Balaban J connectivity index is 2.47. The molecule has 1 unspecified atom stereocenters. The van der Waals surface area contributed by atoms with Crippen LogP contribution in [-0.2, 0) is 0 Å². The van der Waals surface area contributed by atoms with Crippen molar-refractivity contribution < 1.29 is 0 Å². The maximum atomic E-state index is 4.97. The highest BCUT2D eigenvalue weighted by atomic mass is 32.1. The van der Waals surface area contributed by atoms with Crippen molar-refractivity contribution in [2.75, 3.05) is 0 Å². The Morgan fingerprint density at radius 2 is 2.25 bits per heavy atom. The number of thiocarbonyl (C=S) groups is 1. The standard InChI is InChI=1S/C9H10N2S/c1-5-3-4-7-8(6(5)2)11-9(12)10-7/h3-4,7H,1-2H3,(H,10,12). The number of nitrogens with zero attached hydrogens (tertiary/aromatic N) is 1. The van der Waals surface area contributed by atoms with E-state index in [2.05, 4.69) is 36.3 Å².